The van der Waals surface area contributed by atoms with Crippen LogP contribution in [0.4, 0.5) is 5.69 Å². The Morgan fingerprint density at radius 1 is 1.12 bits per heavy atom. The van der Waals surface area contributed by atoms with E-state index in [0.717, 1.165) is 17.7 Å². The highest BCUT2D eigenvalue weighted by molar-refractivity contribution is 6.07. The molecule has 0 radical (unpaired) electrons. The van der Waals surface area contributed by atoms with Crippen LogP contribution in [-0.2, 0) is 30.5 Å². The highest BCUT2D eigenvalue weighted by atomic mass is 16.5. The molecule has 0 unspecified atom stereocenters. The fraction of sp³-hybridized carbons (Fsp3) is 0.435. The molecule has 9 nitrogen and oxygen atoms in total. The molecule has 2 aromatic rings. The maximum atomic E-state index is 12.7. The van der Waals surface area contributed by atoms with Crippen molar-refractivity contribution in [3.63, 3.8) is 0 Å². The maximum Gasteiger partial charge on any atom is 0.336 e. The van der Waals surface area contributed by atoms with E-state index in [9.17, 15) is 24.0 Å². The fourth-order valence-corrected chi connectivity index (χ4v) is 4.57. The lowest BCUT2D eigenvalue weighted by Crippen LogP contribution is -2.44. The van der Waals surface area contributed by atoms with E-state index in [0.29, 0.717) is 29.5 Å². The van der Waals surface area contributed by atoms with Crippen LogP contribution < -0.4 is 10.9 Å². The zero-order chi connectivity index (χ0) is 23.0. The van der Waals surface area contributed by atoms with Gasteiger partial charge in [-0.1, -0.05) is 12.8 Å². The molecule has 1 saturated heterocycles. The Bertz CT molecular complexity index is 1140. The van der Waals surface area contributed by atoms with Crippen molar-refractivity contribution in [1.29, 1.82) is 0 Å². The number of amides is 3. The molecule has 2 fully saturated rings. The normalized spacial score (nSPS) is 21.4. The number of esters is 1. The first-order valence-corrected chi connectivity index (χ1v) is 10.6. The number of nitrogens with one attached hydrogen (secondary N) is 1. The largest absolute Gasteiger partial charge is 0.459 e. The van der Waals surface area contributed by atoms with Gasteiger partial charge in [0.2, 0.25) is 17.7 Å². The molecule has 3 amide bonds. The second-order valence-electron chi connectivity index (χ2n) is 8.31. The molecular weight excluding hydrogens is 416 g/mol. The molecule has 1 aliphatic carbocycles. The topological polar surface area (TPSA) is 123 Å². The van der Waals surface area contributed by atoms with Crippen LogP contribution >= 0.6 is 0 Å². The summed E-state index contributed by atoms with van der Waals surface area (Å²) in [5.41, 5.74) is 0.477. The van der Waals surface area contributed by atoms with Crippen molar-refractivity contribution in [2.24, 2.45) is 11.8 Å². The zero-order valence-electron chi connectivity index (χ0n) is 17.9. The fourth-order valence-electron chi connectivity index (χ4n) is 4.57. The Balaban J connectivity index is 1.50. The average Bonchev–Trinajstić information content (AvgIpc) is 3.01. The van der Waals surface area contributed by atoms with Gasteiger partial charge in [-0.3, -0.25) is 19.3 Å². The predicted octanol–water partition coefficient (Wildman–Crippen LogP) is 2.36. The Morgan fingerprint density at radius 3 is 2.41 bits per heavy atom. The SMILES string of the molecule is CC(=O)Nc1ccc2c(COC(=O)[C@H](C)N3C(=O)[C@H]4CCCC[C@H]4C3=O)cc(=O)oc2c1. The summed E-state index contributed by atoms with van der Waals surface area (Å²) in [6, 6.07) is 4.97. The van der Waals surface area contributed by atoms with Gasteiger partial charge in [0, 0.05) is 35.7 Å². The summed E-state index contributed by atoms with van der Waals surface area (Å²) in [6.07, 6.45) is 3.14. The molecule has 1 aliphatic heterocycles. The second kappa shape index (κ2) is 8.57. The predicted molar refractivity (Wildman–Crippen MR) is 113 cm³/mol. The van der Waals surface area contributed by atoms with Gasteiger partial charge in [-0.15, -0.1) is 0 Å². The van der Waals surface area contributed by atoms with E-state index in [1.54, 1.807) is 12.1 Å². The molecule has 2 aliphatic rings. The van der Waals surface area contributed by atoms with E-state index in [4.69, 9.17) is 9.15 Å². The van der Waals surface area contributed by atoms with E-state index < -0.39 is 17.6 Å². The number of hydrogen-bond acceptors (Lipinski definition) is 7. The summed E-state index contributed by atoms with van der Waals surface area (Å²) < 4.78 is 10.6. The van der Waals surface area contributed by atoms with Crippen LogP contribution in [0.25, 0.3) is 11.0 Å². The van der Waals surface area contributed by atoms with Gasteiger partial charge in [0.1, 0.15) is 18.2 Å². The number of carbonyl (C=O) groups excluding carboxylic acids is 4. The molecule has 32 heavy (non-hydrogen) atoms. The van der Waals surface area contributed by atoms with Crippen molar-refractivity contribution in [1.82, 2.24) is 4.90 Å². The number of imide groups is 1. The third kappa shape index (κ3) is 4.02. The third-order valence-electron chi connectivity index (χ3n) is 6.12. The Labute approximate surface area is 183 Å². The lowest BCUT2D eigenvalue weighted by Gasteiger charge is -2.21. The van der Waals surface area contributed by atoms with Crippen LogP contribution in [0.1, 0.15) is 45.1 Å². The molecule has 1 aromatic carbocycles. The van der Waals surface area contributed by atoms with E-state index >= 15 is 0 Å². The van der Waals surface area contributed by atoms with Crippen molar-refractivity contribution >= 4 is 40.3 Å². The number of benzene rings is 1. The van der Waals surface area contributed by atoms with Crippen molar-refractivity contribution in [2.45, 2.75) is 52.2 Å². The van der Waals surface area contributed by atoms with Gasteiger partial charge in [-0.25, -0.2) is 9.59 Å². The molecule has 0 spiro atoms. The lowest BCUT2D eigenvalue weighted by atomic mass is 9.81. The summed E-state index contributed by atoms with van der Waals surface area (Å²) in [4.78, 5) is 62.4. The Morgan fingerprint density at radius 2 is 1.78 bits per heavy atom. The minimum Gasteiger partial charge on any atom is -0.459 e. The summed E-state index contributed by atoms with van der Waals surface area (Å²) in [6.45, 7) is 2.61. The summed E-state index contributed by atoms with van der Waals surface area (Å²) in [5, 5.41) is 3.15. The van der Waals surface area contributed by atoms with Crippen molar-refractivity contribution < 1.29 is 28.3 Å². The number of anilines is 1. The molecule has 2 heterocycles. The van der Waals surface area contributed by atoms with Crippen LogP contribution in [0.2, 0.25) is 0 Å². The second-order valence-corrected chi connectivity index (χ2v) is 8.31. The van der Waals surface area contributed by atoms with E-state index in [1.165, 1.54) is 26.0 Å². The molecule has 1 saturated carbocycles. The van der Waals surface area contributed by atoms with Crippen molar-refractivity contribution in [3.8, 4) is 0 Å². The number of hydrogen-bond donors (Lipinski definition) is 1. The van der Waals surface area contributed by atoms with Crippen LogP contribution in [-0.4, -0.2) is 34.6 Å². The van der Waals surface area contributed by atoms with Gasteiger partial charge in [-0.2, -0.15) is 0 Å². The van der Waals surface area contributed by atoms with Gasteiger partial charge < -0.3 is 14.5 Å². The lowest BCUT2D eigenvalue weighted by molar-refractivity contribution is -0.159. The first kappa shape index (κ1) is 21.7. The smallest absolute Gasteiger partial charge is 0.336 e. The van der Waals surface area contributed by atoms with Gasteiger partial charge in [-0.05, 0) is 31.9 Å². The highest BCUT2D eigenvalue weighted by Gasteiger charge is 2.51. The number of carbonyl (C=O) groups is 4. The average molecular weight is 440 g/mol. The number of fused-ring (bicyclic) bond motifs is 2. The van der Waals surface area contributed by atoms with Crippen molar-refractivity contribution in [3.05, 3.63) is 40.2 Å². The Kier molecular flexibility index (Phi) is 5.82. The standard InChI is InChI=1S/C23H24N2O7/c1-12(25-21(28)17-5-3-4-6-18(17)22(25)29)23(30)31-11-14-9-20(27)32-19-10-15(24-13(2)26)7-8-16(14)19/h7-10,12,17-18H,3-6,11H2,1-2H3,(H,24,26)/t12-,17-,18+/m0/s1. The number of ether oxygens (including phenoxy) is 1. The van der Waals surface area contributed by atoms with Gasteiger partial charge in [0.05, 0.1) is 11.8 Å². The van der Waals surface area contributed by atoms with Crippen molar-refractivity contribution in [2.75, 3.05) is 5.32 Å². The molecule has 0 bridgehead atoms. The molecular formula is C23H24N2O7. The molecule has 9 heteroatoms. The first-order valence-electron chi connectivity index (χ1n) is 10.6. The molecule has 1 aromatic heterocycles. The Hall–Kier alpha value is -3.49. The molecule has 3 atom stereocenters. The van der Waals surface area contributed by atoms with Gasteiger partial charge in [0.15, 0.2) is 0 Å². The summed E-state index contributed by atoms with van der Waals surface area (Å²) >= 11 is 0. The number of rotatable bonds is 5. The van der Waals surface area contributed by atoms with Crippen LogP contribution in [0.3, 0.4) is 0 Å². The highest BCUT2D eigenvalue weighted by Crippen LogP contribution is 2.39. The summed E-state index contributed by atoms with van der Waals surface area (Å²) in [5.74, 6) is -2.28. The third-order valence-corrected chi connectivity index (χ3v) is 6.12. The van der Waals surface area contributed by atoms with Gasteiger partial charge >= 0.3 is 11.6 Å². The summed E-state index contributed by atoms with van der Waals surface area (Å²) in [7, 11) is 0. The van der Waals surface area contributed by atoms with Crippen LogP contribution in [0.15, 0.2) is 33.5 Å². The zero-order valence-corrected chi connectivity index (χ0v) is 17.9. The maximum absolute atomic E-state index is 12.7. The van der Waals surface area contributed by atoms with Gasteiger partial charge in [0.25, 0.3) is 0 Å². The first-order chi connectivity index (χ1) is 15.3. The minimum atomic E-state index is -1.04. The quantitative estimate of drug-likeness (QED) is 0.430. The van der Waals surface area contributed by atoms with E-state index in [-0.39, 0.29) is 41.7 Å². The minimum absolute atomic E-state index is 0.228. The van der Waals surface area contributed by atoms with E-state index in [1.807, 2.05) is 0 Å². The van der Waals surface area contributed by atoms with Crippen LogP contribution in [0.5, 0.6) is 0 Å². The molecule has 1 N–H and O–H groups in total. The monoisotopic (exact) mass is 440 g/mol. The van der Waals surface area contributed by atoms with Crippen LogP contribution in [0, 0.1) is 11.8 Å². The number of nitrogens with zero attached hydrogens (tertiary/aromatic N) is 1. The molecule has 4 rings (SSSR count). The number of likely N-dealkylation sites (tertiary alicyclic amines) is 1. The molecule has 168 valence electrons. The van der Waals surface area contributed by atoms with E-state index in [2.05, 4.69) is 5.32 Å².